The minimum Gasteiger partial charge on any atom is -0.481 e. The summed E-state index contributed by atoms with van der Waals surface area (Å²) in [5.74, 6) is -0.385. The Kier molecular flexibility index (Phi) is 2.32. The highest BCUT2D eigenvalue weighted by Crippen LogP contribution is 2.38. The zero-order valence-corrected chi connectivity index (χ0v) is 10.5. The molecule has 3 rings (SSSR count). The Morgan fingerprint density at radius 1 is 1.42 bits per heavy atom. The Morgan fingerprint density at radius 2 is 2.16 bits per heavy atom. The summed E-state index contributed by atoms with van der Waals surface area (Å²) in [5.41, 5.74) is 7.97. The summed E-state index contributed by atoms with van der Waals surface area (Å²) in [7, 11) is 0. The first-order valence-corrected chi connectivity index (χ1v) is 6.08. The normalized spacial score (nSPS) is 21.6. The van der Waals surface area contributed by atoms with Crippen LogP contribution in [0.4, 0.5) is 0 Å². The molecule has 0 spiro atoms. The molecule has 0 saturated heterocycles. The fourth-order valence-electron chi connectivity index (χ4n) is 2.87. The third kappa shape index (κ3) is 1.74. The SMILES string of the molecule is CC1(CC(=O)O)NC(N)=Cc2[nH]c3ccccc3c21. The van der Waals surface area contributed by atoms with E-state index in [0.717, 1.165) is 22.2 Å². The summed E-state index contributed by atoms with van der Waals surface area (Å²) < 4.78 is 0. The molecular weight excluding hydrogens is 242 g/mol. The smallest absolute Gasteiger partial charge is 0.306 e. The largest absolute Gasteiger partial charge is 0.481 e. The minimum atomic E-state index is -0.860. The molecule has 0 amide bonds. The average molecular weight is 257 g/mol. The molecule has 0 radical (unpaired) electrons. The van der Waals surface area contributed by atoms with Crippen LogP contribution in [0.2, 0.25) is 0 Å². The van der Waals surface area contributed by atoms with Gasteiger partial charge in [-0.05, 0) is 13.0 Å². The van der Waals surface area contributed by atoms with Gasteiger partial charge in [-0.3, -0.25) is 4.79 Å². The summed E-state index contributed by atoms with van der Waals surface area (Å²) in [5, 5.41) is 13.3. The van der Waals surface area contributed by atoms with Gasteiger partial charge in [-0.2, -0.15) is 0 Å². The summed E-state index contributed by atoms with van der Waals surface area (Å²) in [6.07, 6.45) is 1.77. The van der Waals surface area contributed by atoms with Crippen molar-refractivity contribution in [3.8, 4) is 0 Å². The van der Waals surface area contributed by atoms with Crippen LogP contribution in [0, 0.1) is 0 Å². The van der Waals surface area contributed by atoms with Crippen molar-refractivity contribution in [2.75, 3.05) is 0 Å². The highest BCUT2D eigenvalue weighted by Gasteiger charge is 2.36. The molecule has 5 nitrogen and oxygen atoms in total. The van der Waals surface area contributed by atoms with E-state index in [2.05, 4.69) is 10.3 Å². The Hall–Kier alpha value is -2.43. The molecule has 1 aliphatic heterocycles. The number of hydrogen-bond donors (Lipinski definition) is 4. The third-order valence-electron chi connectivity index (χ3n) is 3.51. The summed E-state index contributed by atoms with van der Waals surface area (Å²) in [6, 6.07) is 7.85. The lowest BCUT2D eigenvalue weighted by Crippen LogP contribution is -2.45. The van der Waals surface area contributed by atoms with Crippen LogP contribution in [-0.4, -0.2) is 16.1 Å². The van der Waals surface area contributed by atoms with Gasteiger partial charge in [0.1, 0.15) is 0 Å². The predicted molar refractivity (Wildman–Crippen MR) is 73.2 cm³/mol. The van der Waals surface area contributed by atoms with E-state index >= 15 is 0 Å². The van der Waals surface area contributed by atoms with Gasteiger partial charge in [-0.15, -0.1) is 0 Å². The van der Waals surface area contributed by atoms with Crippen molar-refractivity contribution in [1.82, 2.24) is 10.3 Å². The molecule has 1 aromatic heterocycles. The van der Waals surface area contributed by atoms with Crippen LogP contribution in [0.5, 0.6) is 0 Å². The number of aromatic amines is 1. The van der Waals surface area contributed by atoms with Crippen molar-refractivity contribution in [1.29, 1.82) is 0 Å². The standard InChI is InChI=1S/C14H15N3O2/c1-14(7-12(18)19)13-8-4-2-3-5-9(8)16-10(13)6-11(15)17-14/h2-6,16-17H,7,15H2,1H3,(H,18,19). The van der Waals surface area contributed by atoms with Crippen LogP contribution in [0.1, 0.15) is 24.6 Å². The molecule has 0 aliphatic carbocycles. The maximum Gasteiger partial charge on any atom is 0.306 e. The minimum absolute atomic E-state index is 0.0314. The molecule has 2 aromatic rings. The number of para-hydroxylation sites is 1. The van der Waals surface area contributed by atoms with Gasteiger partial charge in [0.25, 0.3) is 0 Å². The van der Waals surface area contributed by atoms with Crippen LogP contribution in [-0.2, 0) is 10.3 Å². The summed E-state index contributed by atoms with van der Waals surface area (Å²) >= 11 is 0. The number of carboxylic acids is 1. The molecule has 19 heavy (non-hydrogen) atoms. The Bertz CT molecular complexity index is 702. The lowest BCUT2D eigenvalue weighted by molar-refractivity contribution is -0.138. The average Bonchev–Trinajstić information content (AvgIpc) is 2.65. The first-order chi connectivity index (χ1) is 8.99. The second-order valence-electron chi connectivity index (χ2n) is 5.09. The first kappa shape index (κ1) is 11.6. The fraction of sp³-hybridized carbons (Fsp3) is 0.214. The maximum atomic E-state index is 11.1. The van der Waals surface area contributed by atoms with Crippen LogP contribution in [0.3, 0.4) is 0 Å². The Balaban J connectivity index is 2.28. The van der Waals surface area contributed by atoms with E-state index < -0.39 is 11.5 Å². The second kappa shape index (κ2) is 3.78. The fourth-order valence-corrected chi connectivity index (χ4v) is 2.87. The number of nitrogens with two attached hydrogens (primary N) is 1. The molecule has 0 bridgehead atoms. The van der Waals surface area contributed by atoms with E-state index in [4.69, 9.17) is 10.8 Å². The van der Waals surface area contributed by atoms with Crippen LogP contribution in [0.15, 0.2) is 30.1 Å². The highest BCUT2D eigenvalue weighted by molar-refractivity contribution is 5.90. The number of carboxylic acid groups (broad SMARTS) is 1. The van der Waals surface area contributed by atoms with E-state index in [9.17, 15) is 4.79 Å². The van der Waals surface area contributed by atoms with Crippen molar-refractivity contribution in [3.63, 3.8) is 0 Å². The summed E-state index contributed by atoms with van der Waals surface area (Å²) in [6.45, 7) is 1.86. The second-order valence-corrected chi connectivity index (χ2v) is 5.09. The molecule has 1 unspecified atom stereocenters. The van der Waals surface area contributed by atoms with Gasteiger partial charge < -0.3 is 21.1 Å². The quantitative estimate of drug-likeness (QED) is 0.659. The van der Waals surface area contributed by atoms with Gasteiger partial charge in [0.15, 0.2) is 0 Å². The molecule has 0 saturated carbocycles. The van der Waals surface area contributed by atoms with E-state index in [1.165, 1.54) is 0 Å². The molecule has 0 fully saturated rings. The predicted octanol–water partition coefficient (Wildman–Crippen LogP) is 1.72. The van der Waals surface area contributed by atoms with E-state index in [1.807, 2.05) is 31.2 Å². The van der Waals surface area contributed by atoms with E-state index in [-0.39, 0.29) is 6.42 Å². The number of carbonyl (C=O) groups is 1. The molecule has 5 heteroatoms. The number of fused-ring (bicyclic) bond motifs is 3. The molecule has 1 atom stereocenters. The number of H-pyrrole nitrogens is 1. The zero-order chi connectivity index (χ0) is 13.6. The first-order valence-electron chi connectivity index (χ1n) is 6.08. The molecule has 98 valence electrons. The van der Waals surface area contributed by atoms with E-state index in [1.54, 1.807) is 6.08 Å². The summed E-state index contributed by atoms with van der Waals surface area (Å²) in [4.78, 5) is 14.4. The van der Waals surface area contributed by atoms with Crippen molar-refractivity contribution < 1.29 is 9.90 Å². The lowest BCUT2D eigenvalue weighted by Gasteiger charge is -2.34. The Labute approximate surface area is 110 Å². The molecule has 1 aromatic carbocycles. The van der Waals surface area contributed by atoms with Crippen molar-refractivity contribution in [3.05, 3.63) is 41.3 Å². The van der Waals surface area contributed by atoms with Crippen LogP contribution < -0.4 is 11.1 Å². The van der Waals surface area contributed by atoms with Crippen LogP contribution >= 0.6 is 0 Å². The number of nitrogens with one attached hydrogen (secondary N) is 2. The molecule has 1 aliphatic rings. The van der Waals surface area contributed by atoms with Crippen molar-refractivity contribution in [2.45, 2.75) is 18.9 Å². The van der Waals surface area contributed by atoms with Crippen LogP contribution in [0.25, 0.3) is 17.0 Å². The maximum absolute atomic E-state index is 11.1. The van der Waals surface area contributed by atoms with Gasteiger partial charge in [0.05, 0.1) is 17.8 Å². The number of aromatic nitrogens is 1. The highest BCUT2D eigenvalue weighted by atomic mass is 16.4. The van der Waals surface area contributed by atoms with Gasteiger partial charge in [0, 0.05) is 28.2 Å². The third-order valence-corrected chi connectivity index (χ3v) is 3.51. The Morgan fingerprint density at radius 3 is 2.89 bits per heavy atom. The number of aliphatic carboxylic acids is 1. The zero-order valence-electron chi connectivity index (χ0n) is 10.5. The molecule has 2 heterocycles. The van der Waals surface area contributed by atoms with Crippen molar-refractivity contribution in [2.24, 2.45) is 5.73 Å². The van der Waals surface area contributed by atoms with Gasteiger partial charge in [-0.1, -0.05) is 18.2 Å². The molecular formula is C14H15N3O2. The van der Waals surface area contributed by atoms with E-state index in [0.29, 0.717) is 5.82 Å². The topological polar surface area (TPSA) is 91.1 Å². The van der Waals surface area contributed by atoms with Gasteiger partial charge in [-0.25, -0.2) is 0 Å². The monoisotopic (exact) mass is 257 g/mol. The lowest BCUT2D eigenvalue weighted by atomic mass is 9.84. The number of benzene rings is 1. The van der Waals surface area contributed by atoms with Gasteiger partial charge >= 0.3 is 5.97 Å². The number of rotatable bonds is 2. The van der Waals surface area contributed by atoms with Crippen molar-refractivity contribution >= 4 is 22.9 Å². The molecule has 5 N–H and O–H groups in total. The van der Waals surface area contributed by atoms with Gasteiger partial charge in [0.2, 0.25) is 0 Å². The number of hydrogen-bond acceptors (Lipinski definition) is 3.